The Balaban J connectivity index is 2.67. The third-order valence-electron chi connectivity index (χ3n) is 2.97. The van der Waals surface area contributed by atoms with Crippen LogP contribution in [0.25, 0.3) is 0 Å². The van der Waals surface area contributed by atoms with E-state index in [-0.39, 0.29) is 18.4 Å². The van der Waals surface area contributed by atoms with E-state index in [0.29, 0.717) is 30.3 Å². The van der Waals surface area contributed by atoms with Crippen molar-refractivity contribution in [2.45, 2.75) is 12.5 Å². The zero-order valence-electron chi connectivity index (χ0n) is 12.7. The molecule has 1 aromatic rings. The molecule has 0 amide bonds. The summed E-state index contributed by atoms with van der Waals surface area (Å²) in [6.07, 6.45) is 0.216. The van der Waals surface area contributed by atoms with Gasteiger partial charge in [0.25, 0.3) is 0 Å². The molecule has 1 atom stereocenters. The molecule has 0 spiro atoms. The number of nitrogens with zero attached hydrogens (tertiary/aromatic N) is 1. The lowest BCUT2D eigenvalue weighted by molar-refractivity contribution is -0.140. The highest BCUT2D eigenvalue weighted by molar-refractivity contribution is 6.32. The molecule has 0 bridgehead atoms. The van der Waals surface area contributed by atoms with Crippen LogP contribution in [0.15, 0.2) is 18.2 Å². The lowest BCUT2D eigenvalue weighted by Crippen LogP contribution is -2.36. The number of rotatable bonds is 9. The average Bonchev–Trinajstić information content (AvgIpc) is 2.51. The smallest absolute Gasteiger partial charge is 0.307 e. The molecule has 0 aliphatic rings. The summed E-state index contributed by atoms with van der Waals surface area (Å²) in [5.41, 5.74) is 1.15. The van der Waals surface area contributed by atoms with Gasteiger partial charge in [0.1, 0.15) is 6.07 Å². The van der Waals surface area contributed by atoms with E-state index >= 15 is 0 Å². The van der Waals surface area contributed by atoms with Gasteiger partial charge in [-0.05, 0) is 18.2 Å². The summed E-state index contributed by atoms with van der Waals surface area (Å²) in [4.78, 5) is 11.5. The molecule has 2 N–H and O–H groups in total. The number of ether oxygens (including phenoxy) is 2. The molecule has 7 heteroatoms. The van der Waals surface area contributed by atoms with Crippen LogP contribution in [0, 0.1) is 11.3 Å². The second kappa shape index (κ2) is 10.0. The molecular weight excluding hydrogens is 306 g/mol. The van der Waals surface area contributed by atoms with Gasteiger partial charge in [0, 0.05) is 31.9 Å². The van der Waals surface area contributed by atoms with E-state index < -0.39 is 0 Å². The molecule has 0 aliphatic carbocycles. The minimum atomic E-state index is -0.300. The Kier molecular flexibility index (Phi) is 8.30. The van der Waals surface area contributed by atoms with Crippen molar-refractivity contribution in [3.8, 4) is 6.07 Å². The maximum atomic E-state index is 11.5. The summed E-state index contributed by atoms with van der Waals surface area (Å²) in [5.74, 6) is -0.300. The summed E-state index contributed by atoms with van der Waals surface area (Å²) in [6, 6.07) is 6.90. The van der Waals surface area contributed by atoms with E-state index in [0.717, 1.165) is 5.69 Å². The van der Waals surface area contributed by atoms with E-state index in [4.69, 9.17) is 26.3 Å². The highest BCUT2D eigenvalue weighted by Crippen LogP contribution is 2.21. The lowest BCUT2D eigenvalue weighted by Gasteiger charge is -2.20. The summed E-state index contributed by atoms with van der Waals surface area (Å²) < 4.78 is 9.67. The average molecular weight is 326 g/mol. The second-order valence-electron chi connectivity index (χ2n) is 4.62. The molecule has 0 aliphatic heterocycles. The van der Waals surface area contributed by atoms with Crippen LogP contribution in [-0.2, 0) is 14.3 Å². The fraction of sp³-hybridized carbons (Fsp3) is 0.467. The molecule has 22 heavy (non-hydrogen) atoms. The molecule has 120 valence electrons. The Morgan fingerprint density at radius 2 is 2.23 bits per heavy atom. The number of benzene rings is 1. The summed E-state index contributed by atoms with van der Waals surface area (Å²) >= 11 is 6.01. The van der Waals surface area contributed by atoms with Gasteiger partial charge >= 0.3 is 5.97 Å². The van der Waals surface area contributed by atoms with Crippen LogP contribution >= 0.6 is 11.6 Å². The summed E-state index contributed by atoms with van der Waals surface area (Å²) in [7, 11) is 2.99. The van der Waals surface area contributed by atoms with Crippen LogP contribution in [-0.4, -0.2) is 45.9 Å². The van der Waals surface area contributed by atoms with E-state index in [9.17, 15) is 4.79 Å². The Hall–Kier alpha value is -1.81. The molecule has 0 radical (unpaired) electrons. The lowest BCUT2D eigenvalue weighted by atomic mass is 10.1. The standard InChI is InChI=1S/C15H20ClN3O3/c1-21-6-5-18-10-13(8-15(20)22-2)19-12-4-3-11(9-17)14(16)7-12/h3-4,7,13,18-19H,5-6,8,10H2,1-2H3/t13-/m0/s1. The first kappa shape index (κ1) is 18.2. The zero-order valence-corrected chi connectivity index (χ0v) is 13.4. The molecule has 0 unspecified atom stereocenters. The first-order chi connectivity index (χ1) is 10.6. The minimum absolute atomic E-state index is 0.159. The number of anilines is 1. The van der Waals surface area contributed by atoms with E-state index in [1.54, 1.807) is 25.3 Å². The van der Waals surface area contributed by atoms with Crippen LogP contribution in [0.1, 0.15) is 12.0 Å². The Bertz CT molecular complexity index is 531. The number of hydrogen-bond acceptors (Lipinski definition) is 6. The summed E-state index contributed by atoms with van der Waals surface area (Å²) in [5, 5.41) is 15.7. The van der Waals surface area contributed by atoms with Crippen molar-refractivity contribution >= 4 is 23.3 Å². The van der Waals surface area contributed by atoms with Crippen molar-refractivity contribution < 1.29 is 14.3 Å². The molecule has 1 rings (SSSR count). The van der Waals surface area contributed by atoms with Crippen LogP contribution in [0.4, 0.5) is 5.69 Å². The number of methoxy groups -OCH3 is 2. The van der Waals surface area contributed by atoms with Gasteiger partial charge in [-0.15, -0.1) is 0 Å². The second-order valence-corrected chi connectivity index (χ2v) is 5.03. The van der Waals surface area contributed by atoms with Gasteiger partial charge in [0.15, 0.2) is 0 Å². The SMILES string of the molecule is COCCNC[C@H](CC(=O)OC)Nc1ccc(C#N)c(Cl)c1. The number of esters is 1. The number of nitriles is 1. The van der Waals surface area contributed by atoms with Crippen molar-refractivity contribution in [3.05, 3.63) is 28.8 Å². The minimum Gasteiger partial charge on any atom is -0.469 e. The van der Waals surface area contributed by atoms with Gasteiger partial charge in [0.05, 0.1) is 30.7 Å². The quantitative estimate of drug-likeness (QED) is 0.532. The fourth-order valence-corrected chi connectivity index (χ4v) is 2.06. The van der Waals surface area contributed by atoms with Crippen molar-refractivity contribution in [1.29, 1.82) is 5.26 Å². The van der Waals surface area contributed by atoms with Crippen molar-refractivity contribution in [3.63, 3.8) is 0 Å². The molecule has 0 fully saturated rings. The Labute approximate surface area is 135 Å². The van der Waals surface area contributed by atoms with Gasteiger partial charge in [-0.1, -0.05) is 11.6 Å². The number of halogens is 1. The number of nitrogens with one attached hydrogen (secondary N) is 2. The van der Waals surface area contributed by atoms with Crippen molar-refractivity contribution in [1.82, 2.24) is 5.32 Å². The van der Waals surface area contributed by atoms with Gasteiger partial charge in [-0.25, -0.2) is 0 Å². The maximum absolute atomic E-state index is 11.5. The van der Waals surface area contributed by atoms with Crippen molar-refractivity contribution in [2.24, 2.45) is 0 Å². The van der Waals surface area contributed by atoms with E-state index in [2.05, 4.69) is 10.6 Å². The predicted molar refractivity (Wildman–Crippen MR) is 85.0 cm³/mol. The molecular formula is C15H20ClN3O3. The zero-order chi connectivity index (χ0) is 16.4. The predicted octanol–water partition coefficient (Wildman–Crippen LogP) is 1.79. The number of hydrogen-bond donors (Lipinski definition) is 2. The Morgan fingerprint density at radius 1 is 1.45 bits per heavy atom. The largest absolute Gasteiger partial charge is 0.469 e. The van der Waals surface area contributed by atoms with Crippen LogP contribution in [0.3, 0.4) is 0 Å². The molecule has 0 heterocycles. The molecule has 0 aromatic heterocycles. The van der Waals surface area contributed by atoms with Crippen LogP contribution in [0.5, 0.6) is 0 Å². The van der Waals surface area contributed by atoms with Crippen LogP contribution in [0.2, 0.25) is 5.02 Å². The third kappa shape index (κ3) is 6.31. The van der Waals surface area contributed by atoms with Gasteiger partial charge in [-0.2, -0.15) is 5.26 Å². The highest BCUT2D eigenvalue weighted by atomic mass is 35.5. The first-order valence-electron chi connectivity index (χ1n) is 6.83. The molecule has 1 aromatic carbocycles. The first-order valence-corrected chi connectivity index (χ1v) is 7.21. The van der Waals surface area contributed by atoms with Gasteiger partial charge in [0.2, 0.25) is 0 Å². The molecule has 6 nitrogen and oxygen atoms in total. The number of carbonyl (C=O) groups is 1. The van der Waals surface area contributed by atoms with E-state index in [1.165, 1.54) is 7.11 Å². The normalized spacial score (nSPS) is 11.5. The number of carbonyl (C=O) groups excluding carboxylic acids is 1. The molecule has 0 saturated carbocycles. The van der Waals surface area contributed by atoms with E-state index in [1.807, 2.05) is 6.07 Å². The Morgan fingerprint density at radius 3 is 2.82 bits per heavy atom. The third-order valence-corrected chi connectivity index (χ3v) is 3.29. The van der Waals surface area contributed by atoms with Crippen molar-refractivity contribution in [2.75, 3.05) is 39.2 Å². The van der Waals surface area contributed by atoms with Gasteiger partial charge in [-0.3, -0.25) is 4.79 Å². The maximum Gasteiger partial charge on any atom is 0.307 e. The fourth-order valence-electron chi connectivity index (χ4n) is 1.84. The molecule has 0 saturated heterocycles. The summed E-state index contributed by atoms with van der Waals surface area (Å²) in [6.45, 7) is 1.84. The highest BCUT2D eigenvalue weighted by Gasteiger charge is 2.14. The monoisotopic (exact) mass is 325 g/mol. The topological polar surface area (TPSA) is 83.4 Å². The van der Waals surface area contributed by atoms with Gasteiger partial charge < -0.3 is 20.1 Å². The van der Waals surface area contributed by atoms with Crippen LogP contribution < -0.4 is 10.6 Å².